The number of aryl methyl sites for hydroxylation is 1. The Morgan fingerprint density at radius 2 is 2.06 bits per heavy atom. The number of rotatable bonds is 5. The van der Waals surface area contributed by atoms with Crippen molar-refractivity contribution >= 4 is 15.9 Å². The first-order chi connectivity index (χ1) is 7.50. The predicted molar refractivity (Wildman–Crippen MR) is 71.7 cm³/mol. The van der Waals surface area contributed by atoms with E-state index >= 15 is 0 Å². The minimum absolute atomic E-state index is 0.141. The average molecular weight is 287 g/mol. The molecule has 0 aromatic heterocycles. The van der Waals surface area contributed by atoms with Crippen LogP contribution in [0.5, 0.6) is 0 Å². The smallest absolute Gasteiger partial charge is 0.123 e. The van der Waals surface area contributed by atoms with E-state index in [4.69, 9.17) is 0 Å². The summed E-state index contributed by atoms with van der Waals surface area (Å²) in [5, 5.41) is 0.991. The van der Waals surface area contributed by atoms with Gasteiger partial charge in [-0.25, -0.2) is 4.39 Å². The third-order valence-electron chi connectivity index (χ3n) is 3.10. The zero-order valence-electron chi connectivity index (χ0n) is 10.3. The predicted octanol–water partition coefficient (Wildman–Crippen LogP) is 4.88. The summed E-state index contributed by atoms with van der Waals surface area (Å²) in [5.41, 5.74) is 2.59. The minimum Gasteiger partial charge on any atom is -0.207 e. The molecule has 2 heteroatoms. The molecule has 1 atom stereocenters. The van der Waals surface area contributed by atoms with Crippen molar-refractivity contribution in [1.82, 2.24) is 0 Å². The van der Waals surface area contributed by atoms with Gasteiger partial charge in [0, 0.05) is 5.33 Å². The standard InChI is InChI=1S/C14H20BrF/c1-4-7-14(3,10-15)9-12-5-6-13(16)8-11(12)2/h5-6,8H,4,7,9-10H2,1-3H3. The van der Waals surface area contributed by atoms with E-state index in [9.17, 15) is 4.39 Å². The van der Waals surface area contributed by atoms with Crippen LogP contribution in [0, 0.1) is 18.2 Å². The number of hydrogen-bond donors (Lipinski definition) is 0. The molecule has 1 aromatic rings. The highest BCUT2D eigenvalue weighted by molar-refractivity contribution is 9.09. The van der Waals surface area contributed by atoms with E-state index in [0.29, 0.717) is 0 Å². The summed E-state index contributed by atoms with van der Waals surface area (Å²) in [6.07, 6.45) is 3.38. The summed E-state index contributed by atoms with van der Waals surface area (Å²) in [6, 6.07) is 5.10. The molecule has 90 valence electrons. The maximum atomic E-state index is 13.0. The molecule has 0 spiro atoms. The van der Waals surface area contributed by atoms with Crippen LogP contribution in [0.25, 0.3) is 0 Å². The van der Waals surface area contributed by atoms with Gasteiger partial charge in [-0.15, -0.1) is 0 Å². The van der Waals surface area contributed by atoms with E-state index in [1.807, 2.05) is 13.0 Å². The van der Waals surface area contributed by atoms with E-state index in [1.165, 1.54) is 18.4 Å². The highest BCUT2D eigenvalue weighted by Crippen LogP contribution is 2.31. The lowest BCUT2D eigenvalue weighted by Crippen LogP contribution is -2.21. The van der Waals surface area contributed by atoms with E-state index in [2.05, 4.69) is 29.8 Å². The van der Waals surface area contributed by atoms with Gasteiger partial charge in [0.05, 0.1) is 0 Å². The van der Waals surface area contributed by atoms with Crippen molar-refractivity contribution in [2.24, 2.45) is 5.41 Å². The van der Waals surface area contributed by atoms with Crippen LogP contribution in [0.2, 0.25) is 0 Å². The molecule has 0 aliphatic heterocycles. The number of hydrogen-bond acceptors (Lipinski definition) is 0. The summed E-state index contributed by atoms with van der Waals surface area (Å²) >= 11 is 3.60. The number of alkyl halides is 1. The summed E-state index contributed by atoms with van der Waals surface area (Å²) in [7, 11) is 0. The average Bonchev–Trinajstić information content (AvgIpc) is 2.23. The normalized spacial score (nSPS) is 14.8. The largest absolute Gasteiger partial charge is 0.207 e. The molecule has 0 bridgehead atoms. The molecule has 0 saturated carbocycles. The van der Waals surface area contributed by atoms with Gasteiger partial charge in [-0.3, -0.25) is 0 Å². The van der Waals surface area contributed by atoms with Crippen LogP contribution in [-0.4, -0.2) is 5.33 Å². The lowest BCUT2D eigenvalue weighted by atomic mass is 9.81. The van der Waals surface area contributed by atoms with Crippen molar-refractivity contribution in [3.63, 3.8) is 0 Å². The Kier molecular flexibility index (Phi) is 4.97. The van der Waals surface area contributed by atoms with Gasteiger partial charge in [0.1, 0.15) is 5.82 Å². The van der Waals surface area contributed by atoms with Gasteiger partial charge in [-0.2, -0.15) is 0 Å². The molecule has 0 N–H and O–H groups in total. The van der Waals surface area contributed by atoms with Gasteiger partial charge in [0.2, 0.25) is 0 Å². The van der Waals surface area contributed by atoms with Crippen LogP contribution >= 0.6 is 15.9 Å². The molecule has 1 aromatic carbocycles. The summed E-state index contributed by atoms with van der Waals surface area (Å²) in [5.74, 6) is -0.141. The van der Waals surface area contributed by atoms with Gasteiger partial charge in [-0.1, -0.05) is 42.3 Å². The Labute approximate surface area is 106 Å². The Hall–Kier alpha value is -0.370. The number of benzene rings is 1. The molecule has 0 amide bonds. The Balaban J connectivity index is 2.85. The maximum Gasteiger partial charge on any atom is 0.123 e. The Morgan fingerprint density at radius 1 is 1.38 bits per heavy atom. The molecular weight excluding hydrogens is 267 g/mol. The van der Waals surface area contributed by atoms with Gasteiger partial charge >= 0.3 is 0 Å². The molecule has 1 unspecified atom stereocenters. The van der Waals surface area contributed by atoms with Gasteiger partial charge in [0.15, 0.2) is 0 Å². The second-order valence-corrected chi connectivity index (χ2v) is 5.50. The quantitative estimate of drug-likeness (QED) is 0.677. The summed E-state index contributed by atoms with van der Waals surface area (Å²) in [6.45, 7) is 6.48. The second kappa shape index (κ2) is 5.81. The zero-order chi connectivity index (χ0) is 12.2. The van der Waals surface area contributed by atoms with Crippen LogP contribution in [0.15, 0.2) is 18.2 Å². The van der Waals surface area contributed by atoms with Crippen molar-refractivity contribution in [3.05, 3.63) is 35.1 Å². The SMILES string of the molecule is CCCC(C)(CBr)Cc1ccc(F)cc1C. The molecule has 0 radical (unpaired) electrons. The van der Waals surface area contributed by atoms with Crippen LogP contribution in [0.3, 0.4) is 0 Å². The van der Waals surface area contributed by atoms with Crippen LogP contribution < -0.4 is 0 Å². The fourth-order valence-corrected chi connectivity index (χ4v) is 2.60. The third-order valence-corrected chi connectivity index (χ3v) is 4.45. The zero-order valence-corrected chi connectivity index (χ0v) is 11.9. The third kappa shape index (κ3) is 3.58. The minimum atomic E-state index is -0.141. The summed E-state index contributed by atoms with van der Waals surface area (Å²) < 4.78 is 13.0. The van der Waals surface area contributed by atoms with Crippen LogP contribution in [0.1, 0.15) is 37.8 Å². The van der Waals surface area contributed by atoms with Crippen LogP contribution in [-0.2, 0) is 6.42 Å². The fraction of sp³-hybridized carbons (Fsp3) is 0.571. The topological polar surface area (TPSA) is 0 Å². The van der Waals surface area contributed by atoms with Gasteiger partial charge in [0.25, 0.3) is 0 Å². The van der Waals surface area contributed by atoms with Gasteiger partial charge in [-0.05, 0) is 48.4 Å². The van der Waals surface area contributed by atoms with Crippen molar-refractivity contribution in [2.75, 3.05) is 5.33 Å². The molecule has 0 aliphatic carbocycles. The molecular formula is C14H20BrF. The molecule has 1 rings (SSSR count). The van der Waals surface area contributed by atoms with E-state index in [-0.39, 0.29) is 11.2 Å². The highest BCUT2D eigenvalue weighted by atomic mass is 79.9. The lowest BCUT2D eigenvalue weighted by molar-refractivity contribution is 0.339. The first-order valence-electron chi connectivity index (χ1n) is 5.82. The van der Waals surface area contributed by atoms with Gasteiger partial charge < -0.3 is 0 Å². The molecule has 16 heavy (non-hydrogen) atoms. The first-order valence-corrected chi connectivity index (χ1v) is 6.94. The molecule has 0 saturated heterocycles. The molecule has 0 nitrogen and oxygen atoms in total. The van der Waals surface area contributed by atoms with E-state index in [0.717, 1.165) is 17.3 Å². The van der Waals surface area contributed by atoms with E-state index in [1.54, 1.807) is 12.1 Å². The Bertz CT molecular complexity index is 349. The molecule has 0 aliphatic rings. The van der Waals surface area contributed by atoms with Crippen LogP contribution in [0.4, 0.5) is 4.39 Å². The molecule has 0 fully saturated rings. The summed E-state index contributed by atoms with van der Waals surface area (Å²) in [4.78, 5) is 0. The second-order valence-electron chi connectivity index (χ2n) is 4.94. The van der Waals surface area contributed by atoms with E-state index < -0.39 is 0 Å². The first kappa shape index (κ1) is 13.7. The number of halogens is 2. The van der Waals surface area contributed by atoms with Crippen molar-refractivity contribution in [3.8, 4) is 0 Å². The Morgan fingerprint density at radius 3 is 2.56 bits per heavy atom. The van der Waals surface area contributed by atoms with Crippen molar-refractivity contribution in [2.45, 2.75) is 40.0 Å². The molecule has 0 heterocycles. The van der Waals surface area contributed by atoms with Crippen molar-refractivity contribution in [1.29, 1.82) is 0 Å². The highest BCUT2D eigenvalue weighted by Gasteiger charge is 2.23. The monoisotopic (exact) mass is 286 g/mol. The lowest BCUT2D eigenvalue weighted by Gasteiger charge is -2.27. The maximum absolute atomic E-state index is 13.0. The van der Waals surface area contributed by atoms with Crippen molar-refractivity contribution < 1.29 is 4.39 Å². The fourth-order valence-electron chi connectivity index (χ4n) is 2.12.